The van der Waals surface area contributed by atoms with E-state index in [-0.39, 0.29) is 0 Å². The van der Waals surface area contributed by atoms with Crippen LogP contribution in [0.3, 0.4) is 0 Å². The van der Waals surface area contributed by atoms with Crippen molar-refractivity contribution < 1.29 is 14.2 Å². The summed E-state index contributed by atoms with van der Waals surface area (Å²) in [5.74, 6) is 2.16. The lowest BCUT2D eigenvalue weighted by Crippen LogP contribution is -1.99. The van der Waals surface area contributed by atoms with E-state index in [2.05, 4.69) is 10.2 Å². The lowest BCUT2D eigenvalue weighted by Gasteiger charge is -2.10. The first-order valence-electron chi connectivity index (χ1n) is 4.40. The highest BCUT2D eigenvalue weighted by Crippen LogP contribution is 2.30. The maximum Gasteiger partial charge on any atom is 0.164 e. The zero-order valence-corrected chi connectivity index (χ0v) is 9.37. The summed E-state index contributed by atoms with van der Waals surface area (Å²) in [5, 5.41) is 0. The van der Waals surface area contributed by atoms with Crippen LogP contribution in [0.1, 0.15) is 6.92 Å². The number of methoxy groups -OCH3 is 1. The molecule has 14 heavy (non-hydrogen) atoms. The Balaban J connectivity index is 2.87. The van der Waals surface area contributed by atoms with E-state index < -0.39 is 0 Å². The highest BCUT2D eigenvalue weighted by atomic mass is 28.1. The van der Waals surface area contributed by atoms with E-state index in [1.165, 1.54) is 0 Å². The van der Waals surface area contributed by atoms with Crippen molar-refractivity contribution in [3.05, 3.63) is 18.2 Å². The van der Waals surface area contributed by atoms with Crippen molar-refractivity contribution in [2.45, 2.75) is 6.92 Å². The number of hydrogen-bond donors (Lipinski definition) is 0. The van der Waals surface area contributed by atoms with Gasteiger partial charge in [0.1, 0.15) is 5.75 Å². The van der Waals surface area contributed by atoms with Gasteiger partial charge >= 0.3 is 0 Å². The minimum atomic E-state index is 0.435. The van der Waals surface area contributed by atoms with E-state index in [9.17, 15) is 0 Å². The van der Waals surface area contributed by atoms with Gasteiger partial charge in [-0.3, -0.25) is 0 Å². The van der Waals surface area contributed by atoms with Crippen molar-refractivity contribution in [1.82, 2.24) is 0 Å². The Morgan fingerprint density at radius 3 is 2.57 bits per heavy atom. The Hall–Kier alpha value is -1.16. The molecule has 3 nitrogen and oxygen atoms in total. The maximum absolute atomic E-state index is 5.33. The first kappa shape index (κ1) is 10.9. The van der Waals surface area contributed by atoms with Crippen LogP contribution in [0.15, 0.2) is 18.2 Å². The van der Waals surface area contributed by atoms with Crippen molar-refractivity contribution in [3.8, 4) is 17.2 Å². The van der Waals surface area contributed by atoms with Gasteiger partial charge in [-0.15, -0.1) is 0 Å². The quantitative estimate of drug-likeness (QED) is 0.689. The number of benzene rings is 1. The zero-order valence-electron chi connectivity index (χ0n) is 8.37. The monoisotopic (exact) mass is 209 g/mol. The molecule has 75 valence electrons. The van der Waals surface area contributed by atoms with Crippen molar-refractivity contribution in [3.63, 3.8) is 0 Å². The molecule has 0 unspecified atom stereocenters. The minimum absolute atomic E-state index is 0.435. The van der Waals surface area contributed by atoms with Crippen LogP contribution in [0, 0.1) is 0 Å². The molecular formula is C10H13O3Si. The van der Waals surface area contributed by atoms with Gasteiger partial charge in [-0.05, 0) is 19.1 Å². The van der Waals surface area contributed by atoms with Crippen molar-refractivity contribution in [2.75, 3.05) is 19.9 Å². The average Bonchev–Trinajstić information content (AvgIpc) is 2.21. The van der Waals surface area contributed by atoms with Gasteiger partial charge in [-0.2, -0.15) is 0 Å². The van der Waals surface area contributed by atoms with Crippen molar-refractivity contribution in [2.24, 2.45) is 0 Å². The molecule has 0 amide bonds. The number of rotatable bonds is 5. The van der Waals surface area contributed by atoms with Crippen molar-refractivity contribution in [1.29, 1.82) is 0 Å². The van der Waals surface area contributed by atoms with Gasteiger partial charge in [0.05, 0.1) is 30.2 Å². The molecule has 0 aromatic heterocycles. The molecule has 4 heteroatoms. The summed E-state index contributed by atoms with van der Waals surface area (Å²) in [6.07, 6.45) is 0.435. The predicted molar refractivity (Wildman–Crippen MR) is 55.4 cm³/mol. The van der Waals surface area contributed by atoms with Gasteiger partial charge in [-0.1, -0.05) is 0 Å². The summed E-state index contributed by atoms with van der Waals surface area (Å²) in [5.41, 5.74) is 0. The van der Waals surface area contributed by atoms with Crippen LogP contribution in [0.25, 0.3) is 0 Å². The summed E-state index contributed by atoms with van der Waals surface area (Å²) in [4.78, 5) is 0. The second-order valence-corrected chi connectivity index (χ2v) is 2.82. The number of ether oxygens (including phenoxy) is 3. The second kappa shape index (κ2) is 5.54. The molecule has 0 aliphatic rings. The van der Waals surface area contributed by atoms with Gasteiger partial charge in [0.25, 0.3) is 0 Å². The fraction of sp³-hybridized carbons (Fsp3) is 0.400. The summed E-state index contributed by atoms with van der Waals surface area (Å²) in [6, 6.07) is 5.48. The minimum Gasteiger partial charge on any atom is -0.494 e. The fourth-order valence-electron chi connectivity index (χ4n) is 1.10. The van der Waals surface area contributed by atoms with Gasteiger partial charge in [0.2, 0.25) is 0 Å². The highest BCUT2D eigenvalue weighted by Gasteiger charge is 2.04. The van der Waals surface area contributed by atoms with Crippen LogP contribution in [-0.2, 0) is 0 Å². The van der Waals surface area contributed by atoms with E-state index in [1.807, 2.05) is 19.1 Å². The van der Waals surface area contributed by atoms with Crippen LogP contribution in [0.5, 0.6) is 17.2 Å². The van der Waals surface area contributed by atoms with Crippen LogP contribution in [0.2, 0.25) is 0 Å². The van der Waals surface area contributed by atoms with E-state index in [0.29, 0.717) is 24.3 Å². The summed E-state index contributed by atoms with van der Waals surface area (Å²) in [6.45, 7) is 2.58. The molecule has 0 saturated carbocycles. The van der Waals surface area contributed by atoms with Crippen LogP contribution in [-0.4, -0.2) is 30.2 Å². The molecule has 1 rings (SSSR count). The molecule has 0 fully saturated rings. The predicted octanol–water partition coefficient (Wildman–Crippen LogP) is 1.60. The molecule has 0 spiro atoms. The summed E-state index contributed by atoms with van der Waals surface area (Å²) < 4.78 is 15.8. The molecule has 0 aliphatic carbocycles. The van der Waals surface area contributed by atoms with E-state index in [0.717, 1.165) is 5.75 Å². The molecule has 0 heterocycles. The van der Waals surface area contributed by atoms with Crippen LogP contribution in [0.4, 0.5) is 0 Å². The molecule has 0 atom stereocenters. The third-order valence-corrected chi connectivity index (χ3v) is 1.82. The molecular weight excluding hydrogens is 196 g/mol. The standard InChI is InChI=1S/C10H13O3Si/c1-3-12-8-4-5-9(13-7-14)10(6-8)11-2/h4-6H,3,7H2,1-2H3. The molecule has 1 aromatic carbocycles. The van der Waals surface area contributed by atoms with Gasteiger partial charge in [0.15, 0.2) is 11.5 Å². The Morgan fingerprint density at radius 1 is 1.21 bits per heavy atom. The van der Waals surface area contributed by atoms with E-state index >= 15 is 0 Å². The molecule has 3 radical (unpaired) electrons. The molecule has 0 saturated heterocycles. The first-order chi connectivity index (χ1) is 6.81. The van der Waals surface area contributed by atoms with Gasteiger partial charge in [0, 0.05) is 6.07 Å². The Morgan fingerprint density at radius 2 is 2.00 bits per heavy atom. The highest BCUT2D eigenvalue weighted by molar-refractivity contribution is 6.08. The third kappa shape index (κ3) is 2.66. The zero-order chi connectivity index (χ0) is 10.4. The SMILES string of the molecule is CCOc1ccc(OC[Si])c(OC)c1. The molecule has 0 N–H and O–H groups in total. The van der Waals surface area contributed by atoms with E-state index in [1.54, 1.807) is 13.2 Å². The maximum atomic E-state index is 5.33. The Labute approximate surface area is 87.4 Å². The lowest BCUT2D eigenvalue weighted by molar-refractivity contribution is 0.322. The van der Waals surface area contributed by atoms with Crippen LogP contribution < -0.4 is 14.2 Å². The largest absolute Gasteiger partial charge is 0.494 e. The molecule has 0 bridgehead atoms. The molecule has 1 aromatic rings. The van der Waals surface area contributed by atoms with Gasteiger partial charge < -0.3 is 14.2 Å². The van der Waals surface area contributed by atoms with Gasteiger partial charge in [-0.25, -0.2) is 0 Å². The summed E-state index contributed by atoms with van der Waals surface area (Å²) >= 11 is 0. The molecule has 0 aliphatic heterocycles. The fourth-order valence-corrected chi connectivity index (χ4v) is 1.26. The smallest absolute Gasteiger partial charge is 0.164 e. The average molecular weight is 209 g/mol. The Bertz CT molecular complexity index is 289. The van der Waals surface area contributed by atoms with Crippen LogP contribution >= 0.6 is 0 Å². The summed E-state index contributed by atoms with van der Waals surface area (Å²) in [7, 11) is 4.84. The van der Waals surface area contributed by atoms with Crippen molar-refractivity contribution >= 4 is 10.2 Å². The second-order valence-electron chi connectivity index (χ2n) is 2.53. The number of hydrogen-bond acceptors (Lipinski definition) is 3. The normalized spacial score (nSPS) is 9.64. The van der Waals surface area contributed by atoms with E-state index in [4.69, 9.17) is 14.2 Å². The third-order valence-electron chi connectivity index (χ3n) is 1.67. The topological polar surface area (TPSA) is 27.7 Å². The lowest BCUT2D eigenvalue weighted by atomic mass is 10.3. The first-order valence-corrected chi connectivity index (χ1v) is 5.10. The Kier molecular flexibility index (Phi) is 4.32.